The van der Waals surface area contributed by atoms with Crippen molar-refractivity contribution >= 4 is 5.97 Å². The van der Waals surface area contributed by atoms with Crippen molar-refractivity contribution in [2.75, 3.05) is 6.61 Å². The number of hydrogen-bond acceptors (Lipinski definition) is 4. The van der Waals surface area contributed by atoms with Gasteiger partial charge in [-0.15, -0.1) is 0 Å². The van der Waals surface area contributed by atoms with Crippen molar-refractivity contribution in [1.29, 1.82) is 0 Å². The van der Waals surface area contributed by atoms with Crippen molar-refractivity contribution in [3.8, 4) is 0 Å². The molecule has 25 heavy (non-hydrogen) atoms. The van der Waals surface area contributed by atoms with E-state index in [2.05, 4.69) is 27.7 Å². The maximum absolute atomic E-state index is 12.2. The number of carbonyl (C=O) groups is 1. The highest BCUT2D eigenvalue weighted by Crippen LogP contribution is 2.74. The first kappa shape index (κ1) is 17.8. The van der Waals surface area contributed by atoms with E-state index in [1.54, 1.807) is 0 Å². The molecular weight excluding hydrogens is 316 g/mol. The number of hydrogen-bond donors (Lipinski definition) is 2. The first-order chi connectivity index (χ1) is 11.5. The zero-order valence-corrected chi connectivity index (χ0v) is 16.2. The third kappa shape index (κ3) is 2.16. The van der Waals surface area contributed by atoms with Crippen molar-refractivity contribution in [2.24, 2.45) is 28.1 Å². The summed E-state index contributed by atoms with van der Waals surface area (Å²) < 4.78 is 5.84. The zero-order chi connectivity index (χ0) is 18.3. The monoisotopic (exact) mass is 350 g/mol. The van der Waals surface area contributed by atoms with Crippen molar-refractivity contribution in [2.45, 2.75) is 90.3 Å². The molecule has 3 aliphatic carbocycles. The first-order valence-electron chi connectivity index (χ1n) is 10.1. The molecule has 0 amide bonds. The molecule has 4 nitrogen and oxygen atoms in total. The van der Waals surface area contributed by atoms with Crippen molar-refractivity contribution < 1.29 is 19.7 Å². The number of ether oxygens (including phenoxy) is 1. The summed E-state index contributed by atoms with van der Waals surface area (Å²) in [6, 6.07) is 0. The molecule has 1 saturated heterocycles. The molecule has 4 fully saturated rings. The van der Waals surface area contributed by atoms with E-state index in [4.69, 9.17) is 4.74 Å². The fourth-order valence-corrected chi connectivity index (χ4v) is 8.04. The molecule has 0 aromatic rings. The van der Waals surface area contributed by atoms with Crippen LogP contribution in [-0.4, -0.2) is 34.0 Å². The molecule has 1 aliphatic heterocycles. The van der Waals surface area contributed by atoms with Gasteiger partial charge >= 0.3 is 5.97 Å². The number of cyclic esters (lactones) is 1. The van der Waals surface area contributed by atoms with Gasteiger partial charge in [0, 0.05) is 12.3 Å². The van der Waals surface area contributed by atoms with Gasteiger partial charge in [-0.05, 0) is 81.0 Å². The van der Waals surface area contributed by atoms with Gasteiger partial charge in [-0.1, -0.05) is 13.8 Å². The Morgan fingerprint density at radius 3 is 2.40 bits per heavy atom. The smallest absolute Gasteiger partial charge is 0.306 e. The van der Waals surface area contributed by atoms with Crippen molar-refractivity contribution in [1.82, 2.24) is 0 Å². The molecule has 1 heterocycles. The van der Waals surface area contributed by atoms with Crippen LogP contribution in [0.2, 0.25) is 0 Å². The fraction of sp³-hybridized carbons (Fsp3) is 0.952. The largest absolute Gasteiger partial charge is 0.459 e. The van der Waals surface area contributed by atoms with Crippen LogP contribution in [0.25, 0.3) is 0 Å². The molecule has 1 spiro atoms. The van der Waals surface area contributed by atoms with Gasteiger partial charge in [0.1, 0.15) is 5.60 Å². The van der Waals surface area contributed by atoms with Crippen molar-refractivity contribution in [3.05, 3.63) is 0 Å². The number of rotatable bonds is 1. The topological polar surface area (TPSA) is 66.8 Å². The van der Waals surface area contributed by atoms with Crippen LogP contribution < -0.4 is 0 Å². The average Bonchev–Trinajstić information content (AvgIpc) is 2.60. The number of esters is 1. The summed E-state index contributed by atoms with van der Waals surface area (Å²) in [6.07, 6.45) is 7.31. The molecule has 4 heteroatoms. The minimum absolute atomic E-state index is 0.0615. The minimum Gasteiger partial charge on any atom is -0.459 e. The summed E-state index contributed by atoms with van der Waals surface area (Å²) in [5.74, 6) is 0.809. The molecule has 0 radical (unpaired) electrons. The normalized spacial score (nSPS) is 54.2. The lowest BCUT2D eigenvalue weighted by molar-refractivity contribution is -0.174. The molecule has 0 unspecified atom stereocenters. The van der Waals surface area contributed by atoms with Crippen LogP contribution >= 0.6 is 0 Å². The Morgan fingerprint density at radius 1 is 1.04 bits per heavy atom. The average molecular weight is 350 g/mol. The van der Waals surface area contributed by atoms with Crippen molar-refractivity contribution in [3.63, 3.8) is 0 Å². The third-order valence-electron chi connectivity index (χ3n) is 9.10. The molecule has 0 aromatic carbocycles. The van der Waals surface area contributed by atoms with Gasteiger partial charge < -0.3 is 14.9 Å². The predicted octanol–water partition coefficient (Wildman–Crippen LogP) is 3.44. The van der Waals surface area contributed by atoms with Gasteiger partial charge in [0.25, 0.3) is 0 Å². The summed E-state index contributed by atoms with van der Waals surface area (Å²) in [6.45, 7) is 8.59. The van der Waals surface area contributed by atoms with Gasteiger partial charge in [0.05, 0.1) is 12.2 Å². The lowest BCUT2D eigenvalue weighted by atomic mass is 9.44. The minimum atomic E-state index is -0.947. The summed E-state index contributed by atoms with van der Waals surface area (Å²) >= 11 is 0. The van der Waals surface area contributed by atoms with E-state index in [-0.39, 0.29) is 28.8 Å². The second kappa shape index (κ2) is 5.01. The second-order valence-electron chi connectivity index (χ2n) is 10.7. The molecule has 2 bridgehead atoms. The third-order valence-corrected chi connectivity index (χ3v) is 9.10. The van der Waals surface area contributed by atoms with Crippen LogP contribution in [0, 0.1) is 28.1 Å². The van der Waals surface area contributed by atoms with Crippen LogP contribution in [-0.2, 0) is 9.53 Å². The van der Waals surface area contributed by atoms with Gasteiger partial charge in [0.15, 0.2) is 0 Å². The molecule has 0 aromatic heterocycles. The Morgan fingerprint density at radius 2 is 1.72 bits per heavy atom. The van der Waals surface area contributed by atoms with E-state index >= 15 is 0 Å². The maximum Gasteiger partial charge on any atom is 0.306 e. The first-order valence-corrected chi connectivity index (χ1v) is 10.1. The van der Waals surface area contributed by atoms with Gasteiger partial charge in [-0.25, -0.2) is 0 Å². The lowest BCUT2D eigenvalue weighted by Gasteiger charge is -2.60. The molecule has 2 N–H and O–H groups in total. The Bertz CT molecular complexity index is 599. The molecule has 4 rings (SSSR count). The van der Waals surface area contributed by atoms with E-state index in [1.807, 2.05) is 0 Å². The molecule has 4 aliphatic rings. The van der Waals surface area contributed by atoms with Gasteiger partial charge in [0.2, 0.25) is 0 Å². The number of aliphatic hydroxyl groups excluding tert-OH is 1. The fourth-order valence-electron chi connectivity index (χ4n) is 8.04. The number of fused-ring (bicyclic) bond motifs is 3. The maximum atomic E-state index is 12.2. The molecular formula is C21H34O4. The number of aliphatic hydroxyl groups is 2. The highest BCUT2D eigenvalue weighted by atomic mass is 16.6. The Labute approximate surface area is 151 Å². The number of carbonyl (C=O) groups excluding carboxylic acids is 1. The zero-order valence-electron chi connectivity index (χ0n) is 16.2. The van der Waals surface area contributed by atoms with E-state index in [0.717, 1.165) is 44.9 Å². The van der Waals surface area contributed by atoms with Crippen LogP contribution in [0.4, 0.5) is 0 Å². The Hall–Kier alpha value is -0.610. The second-order valence-corrected chi connectivity index (χ2v) is 10.7. The SMILES string of the molecule is CC1(C)OC(=O)CC[C@]2(C)[C@@H]1CC[C@]13C[C@](C)(CC[C@H]12)[C@](O)(CO)C3. The Kier molecular flexibility index (Phi) is 3.56. The van der Waals surface area contributed by atoms with E-state index in [9.17, 15) is 15.0 Å². The highest BCUT2D eigenvalue weighted by Gasteiger charge is 2.70. The standard InChI is InChI=1S/C21H34O4/c1-17(2)14-6-10-20-11-18(3,21(24,12-20)13-22)8-5-15(20)19(14,4)9-7-16(23)25-17/h14-15,22,24H,5-13H2,1-4H3/t14-,15+,18+,19-,20-,21-/m1/s1. The predicted molar refractivity (Wildman–Crippen MR) is 94.8 cm³/mol. The van der Waals surface area contributed by atoms with E-state index in [1.165, 1.54) is 0 Å². The summed E-state index contributed by atoms with van der Waals surface area (Å²) in [5, 5.41) is 21.2. The van der Waals surface area contributed by atoms with Gasteiger partial charge in [-0.2, -0.15) is 0 Å². The highest BCUT2D eigenvalue weighted by molar-refractivity contribution is 5.70. The molecule has 3 saturated carbocycles. The van der Waals surface area contributed by atoms with Crippen LogP contribution in [0.3, 0.4) is 0 Å². The quantitative estimate of drug-likeness (QED) is 0.711. The summed E-state index contributed by atoms with van der Waals surface area (Å²) in [4.78, 5) is 12.2. The molecule has 142 valence electrons. The lowest BCUT2D eigenvalue weighted by Crippen LogP contribution is -2.56. The van der Waals surface area contributed by atoms with E-state index in [0.29, 0.717) is 18.3 Å². The van der Waals surface area contributed by atoms with Crippen LogP contribution in [0.1, 0.15) is 79.1 Å². The summed E-state index contributed by atoms with van der Waals surface area (Å²) in [7, 11) is 0. The molecule has 6 atom stereocenters. The van der Waals surface area contributed by atoms with Gasteiger partial charge in [-0.3, -0.25) is 4.79 Å². The Balaban J connectivity index is 1.76. The van der Waals surface area contributed by atoms with Crippen LogP contribution in [0.15, 0.2) is 0 Å². The van der Waals surface area contributed by atoms with E-state index < -0.39 is 11.2 Å². The summed E-state index contributed by atoms with van der Waals surface area (Å²) in [5.41, 5.74) is -1.36. The van der Waals surface area contributed by atoms with Crippen LogP contribution in [0.5, 0.6) is 0 Å².